The number of aliphatic hydroxyl groups is 1. The van der Waals surface area contributed by atoms with Crippen molar-refractivity contribution in [2.45, 2.75) is 51.0 Å². The molecule has 6 nitrogen and oxygen atoms in total. The van der Waals surface area contributed by atoms with E-state index in [9.17, 15) is 9.90 Å². The highest BCUT2D eigenvalue weighted by Crippen LogP contribution is 2.29. The lowest BCUT2D eigenvalue weighted by atomic mass is 9.87. The van der Waals surface area contributed by atoms with E-state index in [1.54, 1.807) is 0 Å². The summed E-state index contributed by atoms with van der Waals surface area (Å²) in [4.78, 5) is 16.0. The number of hydrogen-bond acceptors (Lipinski definition) is 6. The first-order valence-corrected chi connectivity index (χ1v) is 12.7. The molecule has 5 rings (SSSR count). The maximum atomic E-state index is 11.3. The van der Waals surface area contributed by atoms with Crippen molar-refractivity contribution in [3.8, 4) is 0 Å². The standard InChI is InChI=1S/C15H19NO2.C13H20N2O/c17-15-7-6-13-8-9-16(11-14(13)18-15)10-12-4-2-1-3-5-12;14-8-12-6-7-15(10-13(12)16)9-11-4-2-1-3-5-11/h1-5,13-14H,6-11H2;1-5,12-13,16H,6-10,14H2/t13-,14-;12-,13+/m10/s1. The van der Waals surface area contributed by atoms with Crippen LogP contribution < -0.4 is 5.73 Å². The summed E-state index contributed by atoms with van der Waals surface area (Å²) < 4.78 is 5.48. The van der Waals surface area contributed by atoms with Gasteiger partial charge in [0.2, 0.25) is 0 Å². The molecule has 6 heteroatoms. The van der Waals surface area contributed by atoms with Gasteiger partial charge in [0.15, 0.2) is 0 Å². The summed E-state index contributed by atoms with van der Waals surface area (Å²) in [5, 5.41) is 9.90. The summed E-state index contributed by atoms with van der Waals surface area (Å²) in [6, 6.07) is 20.9. The van der Waals surface area contributed by atoms with E-state index < -0.39 is 0 Å². The Labute approximate surface area is 203 Å². The third-order valence-corrected chi connectivity index (χ3v) is 7.39. The molecule has 2 aromatic carbocycles. The van der Waals surface area contributed by atoms with E-state index in [0.717, 1.165) is 58.5 Å². The second-order valence-electron chi connectivity index (χ2n) is 9.91. The lowest BCUT2D eigenvalue weighted by Gasteiger charge is -2.40. The van der Waals surface area contributed by atoms with E-state index in [2.05, 4.69) is 58.3 Å². The summed E-state index contributed by atoms with van der Waals surface area (Å²) in [6.45, 7) is 6.28. The van der Waals surface area contributed by atoms with E-state index in [0.29, 0.717) is 18.9 Å². The first-order chi connectivity index (χ1) is 16.6. The number of β-amino-alcohol motifs (C(OH)–C–C–N with tert-alkyl or cyclic N) is 1. The van der Waals surface area contributed by atoms with E-state index in [1.807, 2.05) is 12.1 Å². The number of likely N-dealkylation sites (tertiary alicyclic amines) is 2. The molecule has 3 fully saturated rings. The highest BCUT2D eigenvalue weighted by Gasteiger charge is 2.35. The Kier molecular flexibility index (Phi) is 9.11. The van der Waals surface area contributed by atoms with Gasteiger partial charge in [0.1, 0.15) is 6.10 Å². The summed E-state index contributed by atoms with van der Waals surface area (Å²) in [5.41, 5.74) is 8.25. The molecular weight excluding hydrogens is 426 g/mol. The van der Waals surface area contributed by atoms with E-state index in [-0.39, 0.29) is 24.1 Å². The van der Waals surface area contributed by atoms with Crippen LogP contribution in [0.15, 0.2) is 60.7 Å². The number of nitrogens with zero attached hydrogens (tertiary/aromatic N) is 2. The predicted octanol–water partition coefficient (Wildman–Crippen LogP) is 3.04. The largest absolute Gasteiger partial charge is 0.461 e. The summed E-state index contributed by atoms with van der Waals surface area (Å²) >= 11 is 0. The number of ether oxygens (including phenoxy) is 1. The predicted molar refractivity (Wildman–Crippen MR) is 134 cm³/mol. The minimum atomic E-state index is -0.262. The number of nitrogens with two attached hydrogens (primary N) is 1. The van der Waals surface area contributed by atoms with Crippen molar-refractivity contribution in [3.05, 3.63) is 71.8 Å². The number of benzene rings is 2. The number of piperidine rings is 2. The lowest BCUT2D eigenvalue weighted by Crippen LogP contribution is -2.47. The van der Waals surface area contributed by atoms with Gasteiger partial charge in [0.05, 0.1) is 6.10 Å². The van der Waals surface area contributed by atoms with Gasteiger partial charge in [-0.05, 0) is 61.9 Å². The molecule has 3 aliphatic heterocycles. The van der Waals surface area contributed by atoms with E-state index in [4.69, 9.17) is 10.5 Å². The molecule has 34 heavy (non-hydrogen) atoms. The monoisotopic (exact) mass is 465 g/mol. The number of carbonyl (C=O) groups is 1. The number of fused-ring (bicyclic) bond motifs is 1. The SMILES string of the molecule is NC[C@@H]1CCN(Cc2ccccc2)C[C@H]1O.O=C1CC[C@@H]2CCN(Cc3ccccc3)C[C@H]2O1. The number of rotatable bonds is 5. The summed E-state index contributed by atoms with van der Waals surface area (Å²) in [5.74, 6) is 0.861. The molecule has 0 radical (unpaired) electrons. The second kappa shape index (κ2) is 12.5. The van der Waals surface area contributed by atoms with Crippen molar-refractivity contribution in [2.75, 3.05) is 32.7 Å². The fourth-order valence-electron chi connectivity index (χ4n) is 5.31. The first kappa shape index (κ1) is 24.9. The number of aliphatic hydroxyl groups excluding tert-OH is 1. The van der Waals surface area contributed by atoms with Crippen molar-refractivity contribution in [3.63, 3.8) is 0 Å². The van der Waals surface area contributed by atoms with E-state index in [1.165, 1.54) is 11.1 Å². The van der Waals surface area contributed by atoms with E-state index >= 15 is 0 Å². The minimum absolute atomic E-state index is 0.0159. The Bertz CT molecular complexity index is 879. The topological polar surface area (TPSA) is 79.0 Å². The van der Waals surface area contributed by atoms with Crippen molar-refractivity contribution in [1.29, 1.82) is 0 Å². The maximum Gasteiger partial charge on any atom is 0.306 e. The van der Waals surface area contributed by atoms with Gasteiger partial charge in [-0.15, -0.1) is 0 Å². The van der Waals surface area contributed by atoms with Crippen molar-refractivity contribution >= 4 is 5.97 Å². The molecule has 0 aromatic heterocycles. The molecule has 3 aliphatic rings. The second-order valence-corrected chi connectivity index (χ2v) is 9.91. The van der Waals surface area contributed by atoms with Crippen LogP contribution in [-0.2, 0) is 22.6 Å². The van der Waals surface area contributed by atoms with Crippen LogP contribution in [0.4, 0.5) is 0 Å². The Morgan fingerprint density at radius 2 is 1.44 bits per heavy atom. The Hall–Kier alpha value is -2.25. The first-order valence-electron chi connectivity index (χ1n) is 12.7. The highest BCUT2D eigenvalue weighted by molar-refractivity contribution is 5.70. The molecule has 0 unspecified atom stereocenters. The molecule has 2 aromatic rings. The molecule has 0 amide bonds. The Morgan fingerprint density at radius 3 is 2.03 bits per heavy atom. The molecular formula is C28H39N3O3. The molecule has 0 spiro atoms. The van der Waals surface area contributed by atoms with Crippen LogP contribution in [0.3, 0.4) is 0 Å². The minimum Gasteiger partial charge on any atom is -0.461 e. The fraction of sp³-hybridized carbons (Fsp3) is 0.536. The molecule has 3 saturated heterocycles. The van der Waals surface area contributed by atoms with Gasteiger partial charge in [0, 0.05) is 32.6 Å². The Balaban J connectivity index is 0.000000162. The van der Waals surface area contributed by atoms with Crippen molar-refractivity contribution in [2.24, 2.45) is 17.6 Å². The number of hydrogen-bond donors (Lipinski definition) is 2. The van der Waals surface area contributed by atoms with Crippen LogP contribution in [0.1, 0.15) is 36.8 Å². The average molecular weight is 466 g/mol. The van der Waals surface area contributed by atoms with Gasteiger partial charge < -0.3 is 15.6 Å². The van der Waals surface area contributed by atoms with Crippen molar-refractivity contribution < 1.29 is 14.6 Å². The average Bonchev–Trinajstić information content (AvgIpc) is 2.86. The normalized spacial score (nSPS) is 27.8. The zero-order valence-corrected chi connectivity index (χ0v) is 20.1. The van der Waals surface area contributed by atoms with Crippen LogP contribution in [0, 0.1) is 11.8 Å². The highest BCUT2D eigenvalue weighted by atomic mass is 16.5. The van der Waals surface area contributed by atoms with Gasteiger partial charge in [-0.3, -0.25) is 14.6 Å². The fourth-order valence-corrected chi connectivity index (χ4v) is 5.31. The number of carbonyl (C=O) groups excluding carboxylic acids is 1. The zero-order valence-electron chi connectivity index (χ0n) is 20.1. The molecule has 0 saturated carbocycles. The molecule has 184 valence electrons. The smallest absolute Gasteiger partial charge is 0.306 e. The molecule has 3 heterocycles. The quantitative estimate of drug-likeness (QED) is 0.661. The van der Waals surface area contributed by atoms with Gasteiger partial charge in [-0.25, -0.2) is 0 Å². The molecule has 0 bridgehead atoms. The lowest BCUT2D eigenvalue weighted by molar-refractivity contribution is -0.163. The van der Waals surface area contributed by atoms with Crippen LogP contribution in [0.2, 0.25) is 0 Å². The molecule has 3 N–H and O–H groups in total. The third kappa shape index (κ3) is 7.12. The number of esters is 1. The van der Waals surface area contributed by atoms with Crippen LogP contribution in [0.5, 0.6) is 0 Å². The molecule has 4 atom stereocenters. The van der Waals surface area contributed by atoms with Crippen LogP contribution in [0.25, 0.3) is 0 Å². The molecule has 0 aliphatic carbocycles. The Morgan fingerprint density at radius 1 is 0.853 bits per heavy atom. The van der Waals surface area contributed by atoms with Gasteiger partial charge in [0.25, 0.3) is 0 Å². The van der Waals surface area contributed by atoms with Crippen LogP contribution >= 0.6 is 0 Å². The zero-order chi connectivity index (χ0) is 23.8. The van der Waals surface area contributed by atoms with Gasteiger partial charge in [-0.1, -0.05) is 60.7 Å². The summed E-state index contributed by atoms with van der Waals surface area (Å²) in [6.07, 6.45) is 3.66. The van der Waals surface area contributed by atoms with Crippen molar-refractivity contribution in [1.82, 2.24) is 9.80 Å². The summed E-state index contributed by atoms with van der Waals surface area (Å²) in [7, 11) is 0. The van der Waals surface area contributed by atoms with Gasteiger partial charge >= 0.3 is 5.97 Å². The maximum absolute atomic E-state index is 11.3. The van der Waals surface area contributed by atoms with Crippen LogP contribution in [-0.4, -0.2) is 65.8 Å². The van der Waals surface area contributed by atoms with Gasteiger partial charge in [-0.2, -0.15) is 0 Å². The third-order valence-electron chi connectivity index (χ3n) is 7.39.